The standard InChI is InChI=1S/C13H11N3O/c1-10-4-2-3-5-11(10)12-6-7-13(17)16(15-12)9-8-14/h2-7H,9H2,1H3. The van der Waals surface area contributed by atoms with Gasteiger partial charge in [0.1, 0.15) is 6.54 Å². The molecule has 0 saturated carbocycles. The monoisotopic (exact) mass is 225 g/mol. The molecule has 4 heteroatoms. The highest BCUT2D eigenvalue weighted by Crippen LogP contribution is 2.19. The molecule has 0 bridgehead atoms. The Morgan fingerprint density at radius 3 is 2.76 bits per heavy atom. The Kier molecular flexibility index (Phi) is 3.01. The van der Waals surface area contributed by atoms with Gasteiger partial charge in [-0.3, -0.25) is 4.79 Å². The molecule has 0 radical (unpaired) electrons. The van der Waals surface area contributed by atoms with Crippen LogP contribution >= 0.6 is 0 Å². The van der Waals surface area contributed by atoms with Crippen LogP contribution in [0.3, 0.4) is 0 Å². The molecule has 0 atom stereocenters. The highest BCUT2D eigenvalue weighted by molar-refractivity contribution is 5.62. The van der Waals surface area contributed by atoms with Crippen LogP contribution in [-0.4, -0.2) is 9.78 Å². The minimum atomic E-state index is -0.260. The second-order valence-corrected chi connectivity index (χ2v) is 3.69. The third-order valence-corrected chi connectivity index (χ3v) is 2.51. The van der Waals surface area contributed by atoms with E-state index in [1.54, 1.807) is 6.07 Å². The minimum absolute atomic E-state index is 0.0292. The molecule has 0 amide bonds. The first-order chi connectivity index (χ1) is 8.22. The van der Waals surface area contributed by atoms with Gasteiger partial charge in [0.05, 0.1) is 11.8 Å². The van der Waals surface area contributed by atoms with E-state index < -0.39 is 0 Å². The Morgan fingerprint density at radius 1 is 1.29 bits per heavy atom. The fourth-order valence-corrected chi connectivity index (χ4v) is 1.63. The third-order valence-electron chi connectivity index (χ3n) is 2.51. The molecule has 0 fully saturated rings. The predicted octanol–water partition coefficient (Wildman–Crippen LogP) is 1.74. The number of rotatable bonds is 2. The van der Waals surface area contributed by atoms with Crippen molar-refractivity contribution in [3.05, 3.63) is 52.3 Å². The van der Waals surface area contributed by atoms with Gasteiger partial charge in [-0.25, -0.2) is 4.68 Å². The van der Waals surface area contributed by atoms with Gasteiger partial charge in [-0.2, -0.15) is 10.4 Å². The lowest BCUT2D eigenvalue weighted by Crippen LogP contribution is -2.21. The van der Waals surface area contributed by atoms with Crippen LogP contribution in [0, 0.1) is 18.3 Å². The first-order valence-corrected chi connectivity index (χ1v) is 5.23. The van der Waals surface area contributed by atoms with Crippen molar-refractivity contribution in [2.45, 2.75) is 13.5 Å². The molecule has 0 unspecified atom stereocenters. The highest BCUT2D eigenvalue weighted by Gasteiger charge is 2.04. The molecule has 4 nitrogen and oxygen atoms in total. The lowest BCUT2D eigenvalue weighted by molar-refractivity contribution is 0.662. The average molecular weight is 225 g/mol. The van der Waals surface area contributed by atoms with Crippen LogP contribution in [0.4, 0.5) is 0 Å². The normalized spacial score (nSPS) is 9.88. The van der Waals surface area contributed by atoms with E-state index in [0.29, 0.717) is 5.69 Å². The molecule has 0 N–H and O–H groups in total. The molecular weight excluding hydrogens is 214 g/mol. The Hall–Kier alpha value is -2.41. The SMILES string of the molecule is Cc1ccccc1-c1ccc(=O)n(CC#N)n1. The number of aryl methyl sites for hydroxylation is 1. The van der Waals surface area contributed by atoms with E-state index in [9.17, 15) is 4.79 Å². The van der Waals surface area contributed by atoms with E-state index in [2.05, 4.69) is 5.10 Å². The van der Waals surface area contributed by atoms with Gasteiger partial charge in [-0.15, -0.1) is 0 Å². The molecule has 1 aromatic carbocycles. The number of hydrogen-bond acceptors (Lipinski definition) is 3. The van der Waals surface area contributed by atoms with Crippen molar-refractivity contribution in [1.82, 2.24) is 9.78 Å². The van der Waals surface area contributed by atoms with Crippen LogP contribution in [-0.2, 0) is 6.54 Å². The second-order valence-electron chi connectivity index (χ2n) is 3.69. The summed E-state index contributed by atoms with van der Waals surface area (Å²) in [7, 11) is 0. The zero-order chi connectivity index (χ0) is 12.3. The van der Waals surface area contributed by atoms with Crippen molar-refractivity contribution in [3.63, 3.8) is 0 Å². The van der Waals surface area contributed by atoms with E-state index >= 15 is 0 Å². The fraction of sp³-hybridized carbons (Fsp3) is 0.154. The van der Waals surface area contributed by atoms with E-state index in [1.165, 1.54) is 10.7 Å². The van der Waals surface area contributed by atoms with E-state index in [1.807, 2.05) is 37.3 Å². The summed E-state index contributed by atoms with van der Waals surface area (Å²) < 4.78 is 1.17. The van der Waals surface area contributed by atoms with Crippen LogP contribution < -0.4 is 5.56 Å². The van der Waals surface area contributed by atoms with Gasteiger partial charge in [0, 0.05) is 11.6 Å². The molecule has 1 aromatic heterocycles. The number of aromatic nitrogens is 2. The topological polar surface area (TPSA) is 58.7 Å². The molecule has 17 heavy (non-hydrogen) atoms. The van der Waals surface area contributed by atoms with Crippen molar-refractivity contribution in [2.75, 3.05) is 0 Å². The van der Waals surface area contributed by atoms with Gasteiger partial charge in [0.2, 0.25) is 0 Å². The van der Waals surface area contributed by atoms with Crippen molar-refractivity contribution in [3.8, 4) is 17.3 Å². The first-order valence-electron chi connectivity index (χ1n) is 5.23. The second kappa shape index (κ2) is 4.62. The molecule has 1 heterocycles. The van der Waals surface area contributed by atoms with Crippen molar-refractivity contribution in [1.29, 1.82) is 5.26 Å². The highest BCUT2D eigenvalue weighted by atomic mass is 16.1. The largest absolute Gasteiger partial charge is 0.268 e. The summed E-state index contributed by atoms with van der Waals surface area (Å²) in [5, 5.41) is 12.8. The Bertz CT molecular complexity index is 638. The molecular formula is C13H11N3O. The molecule has 0 aliphatic rings. The Balaban J connectivity index is 2.55. The van der Waals surface area contributed by atoms with E-state index in [-0.39, 0.29) is 12.1 Å². The molecule has 0 saturated heterocycles. The maximum atomic E-state index is 11.4. The lowest BCUT2D eigenvalue weighted by Gasteiger charge is -2.06. The van der Waals surface area contributed by atoms with Crippen LogP contribution in [0.1, 0.15) is 5.56 Å². The number of hydrogen-bond donors (Lipinski definition) is 0. The maximum Gasteiger partial charge on any atom is 0.267 e. The summed E-state index contributed by atoms with van der Waals surface area (Å²) in [6, 6.07) is 12.8. The molecule has 2 rings (SSSR count). The van der Waals surface area contributed by atoms with Crippen molar-refractivity contribution in [2.24, 2.45) is 0 Å². The van der Waals surface area contributed by atoms with Gasteiger partial charge in [-0.1, -0.05) is 24.3 Å². The zero-order valence-electron chi connectivity index (χ0n) is 9.42. The number of nitriles is 1. The van der Waals surface area contributed by atoms with Crippen LogP contribution in [0.25, 0.3) is 11.3 Å². The molecule has 0 spiro atoms. The third kappa shape index (κ3) is 2.23. The summed E-state index contributed by atoms with van der Waals surface area (Å²) in [6.07, 6.45) is 0. The van der Waals surface area contributed by atoms with Gasteiger partial charge >= 0.3 is 0 Å². The molecule has 0 aliphatic carbocycles. The minimum Gasteiger partial charge on any atom is -0.268 e. The van der Waals surface area contributed by atoms with Crippen LogP contribution in [0.15, 0.2) is 41.2 Å². The van der Waals surface area contributed by atoms with Crippen molar-refractivity contribution < 1.29 is 0 Å². The molecule has 84 valence electrons. The lowest BCUT2D eigenvalue weighted by atomic mass is 10.1. The Morgan fingerprint density at radius 2 is 2.06 bits per heavy atom. The fourth-order valence-electron chi connectivity index (χ4n) is 1.63. The van der Waals surface area contributed by atoms with E-state index in [4.69, 9.17) is 5.26 Å². The van der Waals surface area contributed by atoms with Gasteiger partial charge < -0.3 is 0 Å². The molecule has 2 aromatic rings. The first kappa shape index (κ1) is 11.1. The number of benzene rings is 1. The molecule has 0 aliphatic heterocycles. The van der Waals surface area contributed by atoms with Gasteiger partial charge in [-0.05, 0) is 18.6 Å². The predicted molar refractivity (Wildman–Crippen MR) is 64.3 cm³/mol. The average Bonchev–Trinajstić information content (AvgIpc) is 2.33. The maximum absolute atomic E-state index is 11.4. The van der Waals surface area contributed by atoms with Gasteiger partial charge in [0.25, 0.3) is 5.56 Å². The quantitative estimate of drug-likeness (QED) is 0.782. The smallest absolute Gasteiger partial charge is 0.267 e. The van der Waals surface area contributed by atoms with Gasteiger partial charge in [0.15, 0.2) is 0 Å². The Labute approximate surface area is 98.8 Å². The van der Waals surface area contributed by atoms with Crippen LogP contribution in [0.5, 0.6) is 0 Å². The number of nitrogens with zero attached hydrogens (tertiary/aromatic N) is 3. The summed E-state index contributed by atoms with van der Waals surface area (Å²) >= 11 is 0. The summed E-state index contributed by atoms with van der Waals surface area (Å²) in [5.41, 5.74) is 2.50. The summed E-state index contributed by atoms with van der Waals surface area (Å²) in [5.74, 6) is 0. The van der Waals surface area contributed by atoms with Crippen LogP contribution in [0.2, 0.25) is 0 Å². The van der Waals surface area contributed by atoms with E-state index in [0.717, 1.165) is 11.1 Å². The summed E-state index contributed by atoms with van der Waals surface area (Å²) in [6.45, 7) is 1.95. The van der Waals surface area contributed by atoms with Crippen molar-refractivity contribution >= 4 is 0 Å². The zero-order valence-corrected chi connectivity index (χ0v) is 9.42. The summed E-state index contributed by atoms with van der Waals surface area (Å²) in [4.78, 5) is 11.4.